The first-order valence-electron chi connectivity index (χ1n) is 7.07. The maximum atomic E-state index is 5.90. The molecule has 1 aliphatic heterocycles. The molecular weight excluding hydrogens is 250 g/mol. The van der Waals surface area contributed by atoms with Crippen LogP contribution in [-0.4, -0.2) is 15.6 Å². The van der Waals surface area contributed by atoms with E-state index in [1.165, 1.54) is 11.1 Å². The van der Waals surface area contributed by atoms with Crippen molar-refractivity contribution >= 4 is 0 Å². The molecule has 20 heavy (non-hydrogen) atoms. The number of nitrogens with zero attached hydrogens (tertiary/aromatic N) is 1. The summed E-state index contributed by atoms with van der Waals surface area (Å²) < 4.78 is 5.90. The average molecular weight is 271 g/mol. The summed E-state index contributed by atoms with van der Waals surface area (Å²) in [5.74, 6) is 1.99. The molecule has 0 saturated heterocycles. The molecule has 1 aromatic heterocycles. The zero-order chi connectivity index (χ0) is 14.2. The van der Waals surface area contributed by atoms with Crippen molar-refractivity contribution in [2.24, 2.45) is 0 Å². The molecule has 0 amide bonds. The summed E-state index contributed by atoms with van der Waals surface area (Å²) in [5, 5.41) is 3.48. The fourth-order valence-corrected chi connectivity index (χ4v) is 2.65. The van der Waals surface area contributed by atoms with Gasteiger partial charge in [-0.3, -0.25) is 0 Å². The smallest absolute Gasteiger partial charge is 0.123 e. The van der Waals surface area contributed by atoms with E-state index in [0.717, 1.165) is 24.5 Å². The topological polar surface area (TPSA) is 49.9 Å². The van der Waals surface area contributed by atoms with E-state index in [2.05, 4.69) is 54.3 Å². The highest BCUT2D eigenvalue weighted by molar-refractivity contribution is 5.41. The minimum atomic E-state index is -0.0736. The molecule has 1 atom stereocenters. The summed E-state index contributed by atoms with van der Waals surface area (Å²) in [6.07, 6.45) is 4.61. The van der Waals surface area contributed by atoms with Crippen molar-refractivity contribution in [1.29, 1.82) is 0 Å². The van der Waals surface area contributed by atoms with Crippen LogP contribution in [0.3, 0.4) is 0 Å². The fourth-order valence-electron chi connectivity index (χ4n) is 2.65. The van der Waals surface area contributed by atoms with Gasteiger partial charge in [-0.1, -0.05) is 12.1 Å². The van der Waals surface area contributed by atoms with Gasteiger partial charge in [-0.05, 0) is 38.0 Å². The Kier molecular flexibility index (Phi) is 3.26. The van der Waals surface area contributed by atoms with Crippen molar-refractivity contribution in [1.82, 2.24) is 15.3 Å². The van der Waals surface area contributed by atoms with Crippen molar-refractivity contribution in [3.8, 4) is 5.75 Å². The number of fused-ring (bicyclic) bond motifs is 1. The lowest BCUT2D eigenvalue weighted by atomic mass is 10.0. The molecule has 106 valence electrons. The number of rotatable bonds is 4. The second-order valence-electron chi connectivity index (χ2n) is 6.06. The van der Waals surface area contributed by atoms with Gasteiger partial charge in [0.25, 0.3) is 0 Å². The third-order valence-electron chi connectivity index (χ3n) is 3.67. The quantitative estimate of drug-likeness (QED) is 0.899. The third kappa shape index (κ3) is 2.70. The van der Waals surface area contributed by atoms with E-state index in [0.29, 0.717) is 0 Å². The van der Waals surface area contributed by atoms with E-state index < -0.39 is 0 Å². The number of H-pyrrole nitrogens is 1. The maximum absolute atomic E-state index is 5.90. The van der Waals surface area contributed by atoms with Gasteiger partial charge in [0.05, 0.1) is 6.04 Å². The van der Waals surface area contributed by atoms with Crippen molar-refractivity contribution < 1.29 is 4.74 Å². The second kappa shape index (κ2) is 4.94. The molecule has 4 heteroatoms. The molecular formula is C16H21N3O. The Morgan fingerprint density at radius 3 is 3.05 bits per heavy atom. The molecule has 0 aliphatic carbocycles. The van der Waals surface area contributed by atoms with Gasteiger partial charge in [-0.25, -0.2) is 4.98 Å². The van der Waals surface area contributed by atoms with E-state index in [1.54, 1.807) is 6.20 Å². The fraction of sp³-hybridized carbons (Fsp3) is 0.438. The summed E-state index contributed by atoms with van der Waals surface area (Å²) in [6, 6.07) is 6.66. The van der Waals surface area contributed by atoms with Gasteiger partial charge >= 0.3 is 0 Å². The predicted octanol–water partition coefficient (Wildman–Crippen LogP) is 2.97. The Hall–Kier alpha value is -1.81. The van der Waals surface area contributed by atoms with Crippen LogP contribution >= 0.6 is 0 Å². The molecule has 0 fully saturated rings. The van der Waals surface area contributed by atoms with Crippen LogP contribution < -0.4 is 10.1 Å². The van der Waals surface area contributed by atoms with Crippen LogP contribution in [0, 0.1) is 0 Å². The van der Waals surface area contributed by atoms with Gasteiger partial charge < -0.3 is 15.0 Å². The summed E-state index contributed by atoms with van der Waals surface area (Å²) >= 11 is 0. The summed E-state index contributed by atoms with van der Waals surface area (Å²) in [7, 11) is 0. The summed E-state index contributed by atoms with van der Waals surface area (Å²) in [6.45, 7) is 7.20. The second-order valence-corrected chi connectivity index (χ2v) is 6.06. The molecule has 2 aromatic rings. The molecule has 1 unspecified atom stereocenters. The molecule has 0 saturated carbocycles. The first-order chi connectivity index (χ1) is 9.53. The van der Waals surface area contributed by atoms with Crippen LogP contribution in [0.25, 0.3) is 0 Å². The predicted molar refractivity (Wildman–Crippen MR) is 78.7 cm³/mol. The van der Waals surface area contributed by atoms with Crippen LogP contribution in [0.4, 0.5) is 0 Å². The SMILES string of the molecule is CC(NCc1ccc2c(c1)CC(C)(C)O2)c1ncc[nH]1. The maximum Gasteiger partial charge on any atom is 0.123 e. The number of aromatic amines is 1. The van der Waals surface area contributed by atoms with Crippen molar-refractivity contribution in [2.75, 3.05) is 0 Å². The molecule has 1 aromatic carbocycles. The van der Waals surface area contributed by atoms with Gasteiger partial charge in [0.1, 0.15) is 17.2 Å². The Labute approximate surface area is 119 Å². The van der Waals surface area contributed by atoms with Crippen molar-refractivity contribution in [2.45, 2.75) is 45.4 Å². The van der Waals surface area contributed by atoms with Crippen LogP contribution in [0.2, 0.25) is 0 Å². The Morgan fingerprint density at radius 2 is 2.30 bits per heavy atom. The highest BCUT2D eigenvalue weighted by Gasteiger charge is 2.29. The lowest BCUT2D eigenvalue weighted by molar-refractivity contribution is 0.138. The molecule has 0 spiro atoms. The number of hydrogen-bond acceptors (Lipinski definition) is 3. The highest BCUT2D eigenvalue weighted by Crippen LogP contribution is 2.35. The Balaban J connectivity index is 1.65. The third-order valence-corrected chi connectivity index (χ3v) is 3.67. The van der Waals surface area contributed by atoms with Crippen LogP contribution in [0.5, 0.6) is 5.75 Å². The molecule has 0 radical (unpaired) electrons. The van der Waals surface area contributed by atoms with E-state index in [4.69, 9.17) is 4.74 Å². The lowest BCUT2D eigenvalue weighted by Crippen LogP contribution is -2.24. The van der Waals surface area contributed by atoms with E-state index in [1.807, 2.05) is 6.20 Å². The average Bonchev–Trinajstić information content (AvgIpc) is 3.00. The first kappa shape index (κ1) is 13.2. The number of ether oxygens (including phenoxy) is 1. The van der Waals surface area contributed by atoms with Crippen LogP contribution in [0.1, 0.15) is 43.8 Å². The largest absolute Gasteiger partial charge is 0.487 e. The Morgan fingerprint density at radius 1 is 1.45 bits per heavy atom. The normalized spacial score (nSPS) is 17.6. The minimum absolute atomic E-state index is 0.0736. The monoisotopic (exact) mass is 271 g/mol. The molecule has 2 heterocycles. The van der Waals surface area contributed by atoms with Gasteiger partial charge in [0.15, 0.2) is 0 Å². The zero-order valence-corrected chi connectivity index (χ0v) is 12.2. The van der Waals surface area contributed by atoms with Gasteiger partial charge in [0.2, 0.25) is 0 Å². The number of imidazole rings is 1. The number of aromatic nitrogens is 2. The van der Waals surface area contributed by atoms with Gasteiger partial charge in [-0.15, -0.1) is 0 Å². The summed E-state index contributed by atoms with van der Waals surface area (Å²) in [4.78, 5) is 7.40. The van der Waals surface area contributed by atoms with E-state index >= 15 is 0 Å². The Bertz CT molecular complexity index is 590. The molecule has 2 N–H and O–H groups in total. The van der Waals surface area contributed by atoms with Gasteiger partial charge in [0, 0.05) is 25.4 Å². The molecule has 4 nitrogen and oxygen atoms in total. The first-order valence-corrected chi connectivity index (χ1v) is 7.07. The van der Waals surface area contributed by atoms with Gasteiger partial charge in [-0.2, -0.15) is 0 Å². The van der Waals surface area contributed by atoms with Crippen molar-refractivity contribution in [3.63, 3.8) is 0 Å². The van der Waals surface area contributed by atoms with E-state index in [-0.39, 0.29) is 11.6 Å². The minimum Gasteiger partial charge on any atom is -0.487 e. The number of benzene rings is 1. The van der Waals surface area contributed by atoms with Crippen molar-refractivity contribution in [3.05, 3.63) is 47.5 Å². The zero-order valence-electron chi connectivity index (χ0n) is 12.2. The highest BCUT2D eigenvalue weighted by atomic mass is 16.5. The molecule has 0 bridgehead atoms. The van der Waals surface area contributed by atoms with Crippen LogP contribution in [0.15, 0.2) is 30.6 Å². The lowest BCUT2D eigenvalue weighted by Gasteiger charge is -2.16. The van der Waals surface area contributed by atoms with E-state index in [9.17, 15) is 0 Å². The standard InChI is InChI=1S/C16H21N3O/c1-11(15-17-6-7-18-15)19-10-12-4-5-14-13(8-12)9-16(2,3)20-14/h4-8,11,19H,9-10H2,1-3H3,(H,17,18). The van der Waals surface area contributed by atoms with Crippen LogP contribution in [-0.2, 0) is 13.0 Å². The molecule has 1 aliphatic rings. The molecule has 3 rings (SSSR count). The summed E-state index contributed by atoms with van der Waals surface area (Å²) in [5.41, 5.74) is 2.51. The number of hydrogen-bond donors (Lipinski definition) is 2. The number of nitrogens with one attached hydrogen (secondary N) is 2.